The molecule has 5 nitrogen and oxygen atoms in total. The molecule has 0 radical (unpaired) electrons. The molecule has 0 fully saturated rings. The van der Waals surface area contributed by atoms with Crippen LogP contribution in [0.1, 0.15) is 16.8 Å². The van der Waals surface area contributed by atoms with Crippen molar-refractivity contribution in [1.29, 1.82) is 0 Å². The van der Waals surface area contributed by atoms with E-state index in [4.69, 9.17) is 11.5 Å². The molecule has 0 aliphatic heterocycles. The van der Waals surface area contributed by atoms with Crippen LogP contribution in [0.3, 0.4) is 0 Å². The number of hydrogen-bond acceptors (Lipinski definition) is 3. The smallest absolute Gasteiger partial charge is 0.335 e. The summed E-state index contributed by atoms with van der Waals surface area (Å²) in [7, 11) is -3.69. The van der Waals surface area contributed by atoms with E-state index in [9.17, 15) is 13.2 Å². The van der Waals surface area contributed by atoms with Crippen LogP contribution in [0.4, 0.5) is 0 Å². The van der Waals surface area contributed by atoms with Crippen molar-refractivity contribution in [3.05, 3.63) is 28.2 Å². The maximum Gasteiger partial charge on any atom is 0.335 e. The molecular weight excluding hydrogens is 322 g/mol. The molecule has 1 aromatic carbocycles. The van der Waals surface area contributed by atoms with E-state index < -0.39 is 16.0 Å². The van der Waals surface area contributed by atoms with Crippen molar-refractivity contribution in [1.82, 2.24) is 4.72 Å². The molecule has 0 heterocycles. The summed E-state index contributed by atoms with van der Waals surface area (Å²) in [5.74, 6) is 1.19. The number of benzene rings is 1. The Kier molecular flexibility index (Phi) is 4.90. The molecule has 0 bridgehead atoms. The minimum Gasteiger partial charge on any atom is -0.478 e. The molecule has 0 aliphatic rings. The average molecular weight is 332 g/mol. The number of hydrogen-bond donors (Lipinski definition) is 2. The zero-order chi connectivity index (χ0) is 13.8. The molecular formula is C11H10BrNO4S. The Morgan fingerprint density at radius 2 is 2.17 bits per heavy atom. The van der Waals surface area contributed by atoms with Gasteiger partial charge in [0.05, 0.1) is 10.5 Å². The first-order valence-electron chi connectivity index (χ1n) is 4.84. The molecule has 1 aromatic rings. The highest BCUT2D eigenvalue weighted by Gasteiger charge is 2.18. The van der Waals surface area contributed by atoms with Crippen molar-refractivity contribution in [2.24, 2.45) is 0 Å². The van der Waals surface area contributed by atoms with E-state index in [1.165, 1.54) is 18.2 Å². The van der Waals surface area contributed by atoms with Gasteiger partial charge in [-0.05, 0) is 34.1 Å². The number of halogens is 1. The monoisotopic (exact) mass is 331 g/mol. The molecule has 0 amide bonds. The van der Waals surface area contributed by atoms with Gasteiger partial charge in [-0.25, -0.2) is 17.9 Å². The second-order valence-electron chi connectivity index (χ2n) is 3.30. The zero-order valence-corrected chi connectivity index (χ0v) is 11.6. The molecule has 2 N–H and O–H groups in total. The Morgan fingerprint density at radius 3 is 2.67 bits per heavy atom. The fourth-order valence-electron chi connectivity index (χ4n) is 1.19. The molecule has 0 aromatic heterocycles. The lowest BCUT2D eigenvalue weighted by Gasteiger charge is -2.07. The first-order valence-corrected chi connectivity index (χ1v) is 7.12. The zero-order valence-electron chi connectivity index (χ0n) is 9.18. The van der Waals surface area contributed by atoms with Crippen LogP contribution in [0.2, 0.25) is 0 Å². The van der Waals surface area contributed by atoms with Gasteiger partial charge in [-0.15, -0.1) is 12.3 Å². The molecule has 96 valence electrons. The first kappa shape index (κ1) is 14.7. The van der Waals surface area contributed by atoms with Crippen molar-refractivity contribution in [2.75, 3.05) is 6.54 Å². The second kappa shape index (κ2) is 6.00. The van der Waals surface area contributed by atoms with Gasteiger partial charge in [0.1, 0.15) is 0 Å². The van der Waals surface area contributed by atoms with Crippen LogP contribution in [0.15, 0.2) is 27.6 Å². The number of aromatic carboxylic acids is 1. The SMILES string of the molecule is C#CCCNS(=O)(=O)c1ccc(C(=O)O)cc1Br. The van der Waals surface area contributed by atoms with Crippen LogP contribution >= 0.6 is 15.9 Å². The van der Waals surface area contributed by atoms with Crippen LogP contribution in [-0.2, 0) is 10.0 Å². The minimum atomic E-state index is -3.69. The van der Waals surface area contributed by atoms with Gasteiger partial charge in [-0.3, -0.25) is 0 Å². The topological polar surface area (TPSA) is 83.5 Å². The highest BCUT2D eigenvalue weighted by Crippen LogP contribution is 2.23. The summed E-state index contributed by atoms with van der Waals surface area (Å²) in [6.45, 7) is 0.131. The van der Waals surface area contributed by atoms with E-state index in [1.54, 1.807) is 0 Å². The van der Waals surface area contributed by atoms with E-state index in [2.05, 4.69) is 26.6 Å². The lowest BCUT2D eigenvalue weighted by molar-refractivity contribution is 0.0696. The van der Waals surface area contributed by atoms with Crippen molar-refractivity contribution in [2.45, 2.75) is 11.3 Å². The number of rotatable bonds is 5. The predicted molar refractivity (Wildman–Crippen MR) is 69.7 cm³/mol. The maximum absolute atomic E-state index is 11.9. The summed E-state index contributed by atoms with van der Waals surface area (Å²) in [6, 6.07) is 3.69. The number of nitrogens with one attached hydrogen (secondary N) is 1. The highest BCUT2D eigenvalue weighted by atomic mass is 79.9. The lowest BCUT2D eigenvalue weighted by Crippen LogP contribution is -2.25. The fourth-order valence-corrected chi connectivity index (χ4v) is 3.29. The number of carboxylic acid groups (broad SMARTS) is 1. The van der Waals surface area contributed by atoms with Crippen LogP contribution in [0, 0.1) is 12.3 Å². The number of carboxylic acids is 1. The summed E-state index contributed by atoms with van der Waals surface area (Å²) in [5.41, 5.74) is 0.00412. The molecule has 7 heteroatoms. The van der Waals surface area contributed by atoms with Gasteiger partial charge in [0.25, 0.3) is 0 Å². The Hall–Kier alpha value is -1.36. The molecule has 18 heavy (non-hydrogen) atoms. The van der Waals surface area contributed by atoms with Crippen LogP contribution < -0.4 is 4.72 Å². The summed E-state index contributed by atoms with van der Waals surface area (Å²) in [4.78, 5) is 10.7. The van der Waals surface area contributed by atoms with E-state index >= 15 is 0 Å². The number of carbonyl (C=O) groups is 1. The van der Waals surface area contributed by atoms with Gasteiger partial charge in [0.2, 0.25) is 10.0 Å². The summed E-state index contributed by atoms with van der Waals surface area (Å²) in [5, 5.41) is 8.77. The van der Waals surface area contributed by atoms with Gasteiger partial charge < -0.3 is 5.11 Å². The van der Waals surface area contributed by atoms with Crippen LogP contribution in [0.5, 0.6) is 0 Å². The van der Waals surface area contributed by atoms with Gasteiger partial charge in [0, 0.05) is 17.4 Å². The second-order valence-corrected chi connectivity index (χ2v) is 5.89. The Labute approximate surface area is 113 Å². The Bertz CT molecular complexity index is 604. The predicted octanol–water partition coefficient (Wildman–Crippen LogP) is 1.45. The van der Waals surface area contributed by atoms with Gasteiger partial charge in [-0.2, -0.15) is 0 Å². The van der Waals surface area contributed by atoms with Gasteiger partial charge in [-0.1, -0.05) is 0 Å². The first-order chi connectivity index (χ1) is 8.38. The fraction of sp³-hybridized carbons (Fsp3) is 0.182. The molecule has 1 rings (SSSR count). The molecule has 0 aliphatic carbocycles. The molecule has 0 saturated heterocycles. The Morgan fingerprint density at radius 1 is 1.50 bits per heavy atom. The van der Waals surface area contributed by atoms with Crippen molar-refractivity contribution >= 4 is 31.9 Å². The van der Waals surface area contributed by atoms with Crippen LogP contribution in [-0.4, -0.2) is 26.0 Å². The average Bonchev–Trinajstić information content (AvgIpc) is 2.28. The third-order valence-electron chi connectivity index (χ3n) is 2.03. The minimum absolute atomic E-state index is 0.00412. The van der Waals surface area contributed by atoms with E-state index in [0.717, 1.165) is 0 Å². The standard InChI is InChI=1S/C11H10BrNO4S/c1-2-3-6-13-18(16,17)10-5-4-8(11(14)15)7-9(10)12/h1,4-5,7,13H,3,6H2,(H,14,15). The molecule has 0 spiro atoms. The normalized spacial score (nSPS) is 10.9. The van der Waals surface area contributed by atoms with Crippen LogP contribution in [0.25, 0.3) is 0 Å². The molecule has 0 atom stereocenters. The van der Waals surface area contributed by atoms with Crippen molar-refractivity contribution < 1.29 is 18.3 Å². The summed E-state index contributed by atoms with van der Waals surface area (Å²) < 4.78 is 26.2. The van der Waals surface area contributed by atoms with Crippen molar-refractivity contribution in [3.8, 4) is 12.3 Å². The summed E-state index contributed by atoms with van der Waals surface area (Å²) >= 11 is 3.04. The highest BCUT2D eigenvalue weighted by molar-refractivity contribution is 9.10. The largest absolute Gasteiger partial charge is 0.478 e. The third-order valence-corrected chi connectivity index (χ3v) is 4.47. The molecule has 0 saturated carbocycles. The van der Waals surface area contributed by atoms with E-state index in [1.807, 2.05) is 0 Å². The Balaban J connectivity index is 3.03. The number of sulfonamides is 1. The lowest BCUT2D eigenvalue weighted by atomic mass is 10.2. The number of terminal acetylenes is 1. The quantitative estimate of drug-likeness (QED) is 0.631. The van der Waals surface area contributed by atoms with E-state index in [0.29, 0.717) is 0 Å². The summed E-state index contributed by atoms with van der Waals surface area (Å²) in [6.07, 6.45) is 5.30. The maximum atomic E-state index is 11.9. The van der Waals surface area contributed by atoms with E-state index in [-0.39, 0.29) is 27.9 Å². The molecule has 0 unspecified atom stereocenters. The van der Waals surface area contributed by atoms with Gasteiger partial charge in [0.15, 0.2) is 0 Å². The van der Waals surface area contributed by atoms with Crippen molar-refractivity contribution in [3.63, 3.8) is 0 Å². The van der Waals surface area contributed by atoms with Gasteiger partial charge >= 0.3 is 5.97 Å². The third kappa shape index (κ3) is 3.57.